The van der Waals surface area contributed by atoms with Crippen molar-refractivity contribution in [1.82, 2.24) is 0 Å². The van der Waals surface area contributed by atoms with Crippen LogP contribution in [0.2, 0.25) is 5.02 Å². The minimum Gasteiger partial charge on any atom is -0.382 e. The quantitative estimate of drug-likeness (QED) is 0.835. The van der Waals surface area contributed by atoms with Crippen LogP contribution in [0.15, 0.2) is 12.1 Å². The number of halogens is 2. The summed E-state index contributed by atoms with van der Waals surface area (Å²) < 4.78 is 13.3. The summed E-state index contributed by atoms with van der Waals surface area (Å²) in [5.41, 5.74) is 6.98. The van der Waals surface area contributed by atoms with Crippen molar-refractivity contribution in [2.45, 2.75) is 25.3 Å². The molecule has 0 atom stereocenters. The Morgan fingerprint density at radius 3 is 2.80 bits per heavy atom. The molecule has 0 bridgehead atoms. The highest BCUT2D eigenvalue weighted by molar-refractivity contribution is 6.33. The lowest BCUT2D eigenvalue weighted by Gasteiger charge is -2.13. The van der Waals surface area contributed by atoms with E-state index in [2.05, 4.69) is 5.32 Å². The second-order valence-electron chi connectivity index (χ2n) is 4.30. The summed E-state index contributed by atoms with van der Waals surface area (Å²) in [5.74, 6) is -0.247. The molecule has 1 aromatic rings. The zero-order chi connectivity index (χ0) is 11.1. The van der Waals surface area contributed by atoms with Crippen LogP contribution in [-0.2, 0) is 0 Å². The highest BCUT2D eigenvalue weighted by Crippen LogP contribution is 2.33. The van der Waals surface area contributed by atoms with E-state index < -0.39 is 0 Å². The van der Waals surface area contributed by atoms with Gasteiger partial charge in [-0.2, -0.15) is 0 Å². The molecule has 0 unspecified atom stereocenters. The van der Waals surface area contributed by atoms with E-state index in [9.17, 15) is 4.39 Å². The lowest BCUT2D eigenvalue weighted by atomic mass is 10.2. The number of aryl methyl sites for hydroxylation is 1. The Balaban J connectivity index is 2.10. The van der Waals surface area contributed by atoms with Crippen LogP contribution in [0.5, 0.6) is 0 Å². The van der Waals surface area contributed by atoms with Gasteiger partial charge >= 0.3 is 0 Å². The fraction of sp³-hybridized carbons (Fsp3) is 0.455. The molecule has 0 spiro atoms. The van der Waals surface area contributed by atoms with E-state index in [4.69, 9.17) is 17.3 Å². The third-order valence-electron chi connectivity index (χ3n) is 2.77. The Bertz CT molecular complexity index is 388. The lowest BCUT2D eigenvalue weighted by Crippen LogP contribution is -2.31. The molecule has 0 aromatic heterocycles. The number of nitrogens with two attached hydrogens (primary N) is 1. The Morgan fingerprint density at radius 2 is 2.20 bits per heavy atom. The fourth-order valence-corrected chi connectivity index (χ4v) is 1.68. The second-order valence-corrected chi connectivity index (χ2v) is 4.70. The first-order chi connectivity index (χ1) is 7.00. The monoisotopic (exact) mass is 228 g/mol. The number of nitrogens with one attached hydrogen (secondary N) is 1. The molecule has 0 radical (unpaired) electrons. The van der Waals surface area contributed by atoms with Gasteiger partial charge in [0.15, 0.2) is 0 Å². The van der Waals surface area contributed by atoms with Crippen molar-refractivity contribution in [1.29, 1.82) is 0 Å². The number of rotatable bonds is 3. The minimum absolute atomic E-state index is 0.106. The van der Waals surface area contributed by atoms with Crippen molar-refractivity contribution < 1.29 is 4.39 Å². The van der Waals surface area contributed by atoms with Gasteiger partial charge in [-0.15, -0.1) is 0 Å². The molecule has 82 valence electrons. The maximum Gasteiger partial charge on any atom is 0.128 e. The van der Waals surface area contributed by atoms with E-state index in [-0.39, 0.29) is 11.4 Å². The first kappa shape index (κ1) is 10.7. The fourth-order valence-electron chi connectivity index (χ4n) is 1.39. The Kier molecular flexibility index (Phi) is 2.61. The van der Waals surface area contributed by atoms with Crippen molar-refractivity contribution in [3.05, 3.63) is 28.5 Å². The van der Waals surface area contributed by atoms with E-state index in [1.807, 2.05) is 0 Å². The van der Waals surface area contributed by atoms with Gasteiger partial charge in [-0.3, -0.25) is 0 Å². The normalized spacial score (nSPS) is 17.6. The summed E-state index contributed by atoms with van der Waals surface area (Å²) in [6.07, 6.45) is 2.04. The van der Waals surface area contributed by atoms with Crippen molar-refractivity contribution in [3.63, 3.8) is 0 Å². The SMILES string of the molecule is Cc1cc(Cl)c(NCC2(N)CC2)cc1F. The van der Waals surface area contributed by atoms with Gasteiger partial charge in [0.2, 0.25) is 0 Å². The molecule has 0 aliphatic heterocycles. The Hall–Kier alpha value is -0.800. The van der Waals surface area contributed by atoms with Crippen LogP contribution in [0.3, 0.4) is 0 Å². The largest absolute Gasteiger partial charge is 0.382 e. The topological polar surface area (TPSA) is 38.0 Å². The maximum absolute atomic E-state index is 13.3. The first-order valence-corrected chi connectivity index (χ1v) is 5.36. The van der Waals surface area contributed by atoms with Crippen LogP contribution in [0.1, 0.15) is 18.4 Å². The van der Waals surface area contributed by atoms with Gasteiger partial charge in [0.1, 0.15) is 5.82 Å². The summed E-state index contributed by atoms with van der Waals surface area (Å²) in [6.45, 7) is 2.34. The molecule has 0 saturated heterocycles. The molecule has 1 aromatic carbocycles. The van der Waals surface area contributed by atoms with Crippen LogP contribution < -0.4 is 11.1 Å². The van der Waals surface area contributed by atoms with Crippen molar-refractivity contribution in [3.8, 4) is 0 Å². The molecule has 3 N–H and O–H groups in total. The molecule has 15 heavy (non-hydrogen) atoms. The molecule has 2 rings (SSSR count). The molecule has 1 aliphatic carbocycles. The number of hydrogen-bond donors (Lipinski definition) is 2. The van der Waals surface area contributed by atoms with Crippen LogP contribution in [0.4, 0.5) is 10.1 Å². The van der Waals surface area contributed by atoms with E-state index in [1.165, 1.54) is 6.07 Å². The van der Waals surface area contributed by atoms with Crippen LogP contribution in [0.25, 0.3) is 0 Å². The van der Waals surface area contributed by atoms with Gasteiger partial charge in [0.05, 0.1) is 10.7 Å². The molecule has 0 heterocycles. The summed E-state index contributed by atoms with van der Waals surface area (Å²) in [7, 11) is 0. The third kappa shape index (κ3) is 2.41. The number of benzene rings is 1. The van der Waals surface area contributed by atoms with Gasteiger partial charge in [-0.05, 0) is 37.5 Å². The first-order valence-electron chi connectivity index (χ1n) is 4.99. The standard InChI is InChI=1S/C11H14ClFN2/c1-7-4-8(12)10(5-9(7)13)15-6-11(14)2-3-11/h4-5,15H,2-3,6,14H2,1H3. The summed E-state index contributed by atoms with van der Waals surface area (Å²) in [5, 5.41) is 3.63. The van der Waals surface area contributed by atoms with Crippen molar-refractivity contribution in [2.24, 2.45) is 5.73 Å². The number of hydrogen-bond acceptors (Lipinski definition) is 2. The molecule has 1 saturated carbocycles. The summed E-state index contributed by atoms with van der Waals surface area (Å²) in [4.78, 5) is 0. The van der Waals surface area contributed by atoms with E-state index in [0.29, 0.717) is 22.8 Å². The second kappa shape index (κ2) is 3.65. The average Bonchev–Trinajstić information content (AvgIpc) is 2.89. The molecular weight excluding hydrogens is 215 g/mol. The van der Waals surface area contributed by atoms with E-state index in [0.717, 1.165) is 12.8 Å². The van der Waals surface area contributed by atoms with Gasteiger partial charge < -0.3 is 11.1 Å². The van der Waals surface area contributed by atoms with E-state index in [1.54, 1.807) is 13.0 Å². The maximum atomic E-state index is 13.3. The molecule has 4 heteroatoms. The number of anilines is 1. The zero-order valence-corrected chi connectivity index (χ0v) is 9.37. The smallest absolute Gasteiger partial charge is 0.128 e. The van der Waals surface area contributed by atoms with Crippen LogP contribution in [0, 0.1) is 12.7 Å². The zero-order valence-electron chi connectivity index (χ0n) is 8.61. The average molecular weight is 229 g/mol. The summed E-state index contributed by atoms with van der Waals surface area (Å²) >= 11 is 5.98. The van der Waals surface area contributed by atoms with Crippen LogP contribution in [-0.4, -0.2) is 12.1 Å². The van der Waals surface area contributed by atoms with Gasteiger partial charge in [0, 0.05) is 12.1 Å². The molecule has 1 aliphatic rings. The molecule has 0 amide bonds. The predicted octanol–water partition coefficient (Wildman–Crippen LogP) is 2.69. The van der Waals surface area contributed by atoms with Gasteiger partial charge in [-0.1, -0.05) is 11.6 Å². The predicted molar refractivity (Wildman–Crippen MR) is 60.8 cm³/mol. The van der Waals surface area contributed by atoms with Crippen molar-refractivity contribution in [2.75, 3.05) is 11.9 Å². The third-order valence-corrected chi connectivity index (χ3v) is 3.08. The molecule has 1 fully saturated rings. The molecular formula is C11H14ClFN2. The van der Waals surface area contributed by atoms with Gasteiger partial charge in [-0.25, -0.2) is 4.39 Å². The van der Waals surface area contributed by atoms with Gasteiger partial charge in [0.25, 0.3) is 0 Å². The van der Waals surface area contributed by atoms with E-state index >= 15 is 0 Å². The minimum atomic E-state index is -0.247. The van der Waals surface area contributed by atoms with Crippen molar-refractivity contribution >= 4 is 17.3 Å². The molecule has 2 nitrogen and oxygen atoms in total. The highest BCUT2D eigenvalue weighted by Gasteiger charge is 2.37. The van der Waals surface area contributed by atoms with Crippen LogP contribution >= 0.6 is 11.6 Å². The lowest BCUT2D eigenvalue weighted by molar-refractivity contribution is 0.618. The Morgan fingerprint density at radius 1 is 1.53 bits per heavy atom. The highest BCUT2D eigenvalue weighted by atomic mass is 35.5. The summed E-state index contributed by atoms with van der Waals surface area (Å²) in [6, 6.07) is 3.04. The Labute approximate surface area is 93.6 Å².